The highest BCUT2D eigenvalue weighted by Crippen LogP contribution is 2.26. The van der Waals surface area contributed by atoms with Gasteiger partial charge >= 0.3 is 0 Å². The normalized spacial score (nSPS) is 10.4. The van der Waals surface area contributed by atoms with E-state index in [1.54, 1.807) is 32.0 Å². The van der Waals surface area contributed by atoms with E-state index in [0.717, 1.165) is 5.56 Å². The Morgan fingerprint density at radius 3 is 2.48 bits per heavy atom. The van der Waals surface area contributed by atoms with Crippen molar-refractivity contribution in [3.8, 4) is 0 Å². The molecule has 1 heterocycles. The zero-order valence-electron chi connectivity index (χ0n) is 11.8. The molecule has 112 valence electrons. The maximum Gasteiger partial charge on any atom is 0.243 e. The molecular formula is C12H15BrFN7. The van der Waals surface area contributed by atoms with Crippen LogP contribution in [-0.2, 0) is 0 Å². The highest BCUT2D eigenvalue weighted by atomic mass is 79.9. The van der Waals surface area contributed by atoms with E-state index in [1.807, 2.05) is 0 Å². The summed E-state index contributed by atoms with van der Waals surface area (Å²) in [5.74, 6) is 6.01. The molecule has 0 unspecified atom stereocenters. The van der Waals surface area contributed by atoms with Gasteiger partial charge in [-0.1, -0.05) is 0 Å². The predicted octanol–water partition coefficient (Wildman–Crippen LogP) is 2.18. The summed E-state index contributed by atoms with van der Waals surface area (Å²) in [6.45, 7) is 1.79. The highest BCUT2D eigenvalue weighted by molar-refractivity contribution is 9.10. The third-order valence-corrected chi connectivity index (χ3v) is 3.27. The molecule has 0 amide bonds. The summed E-state index contributed by atoms with van der Waals surface area (Å²) in [7, 11) is 3.61. The summed E-state index contributed by atoms with van der Waals surface area (Å²) in [6.07, 6.45) is 0. The van der Waals surface area contributed by atoms with Crippen LogP contribution >= 0.6 is 15.9 Å². The van der Waals surface area contributed by atoms with E-state index in [1.165, 1.54) is 6.07 Å². The van der Waals surface area contributed by atoms with Crippen molar-refractivity contribution in [1.82, 2.24) is 15.0 Å². The van der Waals surface area contributed by atoms with E-state index in [-0.39, 0.29) is 11.8 Å². The number of nitrogens with two attached hydrogens (primary N) is 1. The average Bonchev–Trinajstić information content (AvgIpc) is 2.44. The Morgan fingerprint density at radius 1 is 1.19 bits per heavy atom. The van der Waals surface area contributed by atoms with Crippen molar-refractivity contribution in [2.75, 3.05) is 29.7 Å². The van der Waals surface area contributed by atoms with Crippen LogP contribution in [0.3, 0.4) is 0 Å². The van der Waals surface area contributed by atoms with Gasteiger partial charge in [0.25, 0.3) is 0 Å². The molecule has 0 aliphatic carbocycles. The molecule has 0 spiro atoms. The molecule has 2 aromatic rings. The number of aryl methyl sites for hydroxylation is 1. The molecule has 0 saturated carbocycles. The number of aromatic nitrogens is 3. The van der Waals surface area contributed by atoms with Crippen LogP contribution in [0.2, 0.25) is 0 Å². The second-order valence-corrected chi connectivity index (χ2v) is 5.38. The van der Waals surface area contributed by atoms with Crippen molar-refractivity contribution in [2.24, 2.45) is 5.84 Å². The minimum absolute atomic E-state index is 0.232. The predicted molar refractivity (Wildman–Crippen MR) is 84.1 cm³/mol. The molecule has 0 aliphatic rings. The van der Waals surface area contributed by atoms with Gasteiger partial charge in [0, 0.05) is 19.8 Å². The molecule has 0 atom stereocenters. The van der Waals surface area contributed by atoms with Crippen LogP contribution in [0.1, 0.15) is 5.56 Å². The van der Waals surface area contributed by atoms with Crippen LogP contribution in [0.5, 0.6) is 0 Å². The van der Waals surface area contributed by atoms with Gasteiger partial charge in [-0.25, -0.2) is 10.2 Å². The number of rotatable bonds is 4. The van der Waals surface area contributed by atoms with Crippen LogP contribution in [0.4, 0.5) is 27.9 Å². The molecule has 21 heavy (non-hydrogen) atoms. The van der Waals surface area contributed by atoms with E-state index in [2.05, 4.69) is 41.6 Å². The maximum atomic E-state index is 13.4. The Balaban J connectivity index is 2.39. The SMILES string of the molecule is Cc1cc(F)c(Br)cc1Nc1nc(NN)nc(N(C)C)n1. The Bertz CT molecular complexity index is 662. The summed E-state index contributed by atoms with van der Waals surface area (Å²) in [6, 6.07) is 3.04. The lowest BCUT2D eigenvalue weighted by atomic mass is 10.2. The summed E-state index contributed by atoms with van der Waals surface area (Å²) in [4.78, 5) is 14.2. The third-order valence-electron chi connectivity index (χ3n) is 2.67. The molecule has 2 rings (SSSR count). The number of benzene rings is 1. The standard InChI is InChI=1S/C12H15BrFN7/c1-6-4-8(14)7(13)5-9(6)16-10-17-11(20-15)19-12(18-10)21(2)3/h4-5H,15H2,1-3H3,(H2,16,17,18,19,20). The zero-order valence-corrected chi connectivity index (χ0v) is 13.4. The molecule has 0 aliphatic heterocycles. The monoisotopic (exact) mass is 355 g/mol. The van der Waals surface area contributed by atoms with Gasteiger partial charge in [-0.15, -0.1) is 0 Å². The minimum Gasteiger partial charge on any atom is -0.347 e. The summed E-state index contributed by atoms with van der Waals surface area (Å²) < 4.78 is 13.8. The molecular weight excluding hydrogens is 341 g/mol. The maximum absolute atomic E-state index is 13.4. The van der Waals surface area contributed by atoms with E-state index in [9.17, 15) is 4.39 Å². The summed E-state index contributed by atoms with van der Waals surface area (Å²) >= 11 is 3.15. The van der Waals surface area contributed by atoms with Crippen LogP contribution < -0.4 is 21.5 Å². The van der Waals surface area contributed by atoms with Crippen LogP contribution in [0.25, 0.3) is 0 Å². The Morgan fingerprint density at radius 2 is 1.86 bits per heavy atom. The number of halogens is 2. The van der Waals surface area contributed by atoms with Crippen LogP contribution in [0, 0.1) is 12.7 Å². The lowest BCUT2D eigenvalue weighted by Gasteiger charge is -2.14. The Labute approximate surface area is 129 Å². The van der Waals surface area contributed by atoms with Gasteiger partial charge < -0.3 is 10.2 Å². The van der Waals surface area contributed by atoms with E-state index < -0.39 is 0 Å². The van der Waals surface area contributed by atoms with Crippen molar-refractivity contribution in [2.45, 2.75) is 6.92 Å². The fourth-order valence-corrected chi connectivity index (χ4v) is 1.93. The molecule has 0 saturated heterocycles. The fourth-order valence-electron chi connectivity index (χ4n) is 1.59. The van der Waals surface area contributed by atoms with Gasteiger partial charge in [0.05, 0.1) is 4.47 Å². The van der Waals surface area contributed by atoms with Crippen molar-refractivity contribution < 1.29 is 4.39 Å². The average molecular weight is 356 g/mol. The zero-order chi connectivity index (χ0) is 15.6. The first-order valence-corrected chi connectivity index (χ1v) is 6.82. The molecule has 4 N–H and O–H groups in total. The van der Waals surface area contributed by atoms with Crippen molar-refractivity contribution in [3.05, 3.63) is 28.0 Å². The first kappa shape index (κ1) is 15.4. The lowest BCUT2D eigenvalue weighted by molar-refractivity contribution is 0.620. The van der Waals surface area contributed by atoms with Gasteiger partial charge in [0.1, 0.15) is 5.82 Å². The quantitative estimate of drug-likeness (QED) is 0.571. The number of nitrogen functional groups attached to an aromatic ring is 1. The lowest BCUT2D eigenvalue weighted by Crippen LogP contribution is -2.18. The summed E-state index contributed by atoms with van der Waals surface area (Å²) in [5.41, 5.74) is 3.79. The molecule has 7 nitrogen and oxygen atoms in total. The number of hydrogen-bond donors (Lipinski definition) is 3. The summed E-state index contributed by atoms with van der Waals surface area (Å²) in [5, 5.41) is 3.03. The van der Waals surface area contributed by atoms with Gasteiger partial charge in [-0.3, -0.25) is 5.43 Å². The topological polar surface area (TPSA) is 92.0 Å². The van der Waals surface area contributed by atoms with E-state index in [4.69, 9.17) is 5.84 Å². The first-order chi connectivity index (χ1) is 9.90. The number of hydrazine groups is 1. The van der Waals surface area contributed by atoms with Gasteiger partial charge in [-0.05, 0) is 40.5 Å². The Kier molecular flexibility index (Phi) is 4.53. The van der Waals surface area contributed by atoms with Crippen molar-refractivity contribution in [1.29, 1.82) is 0 Å². The second kappa shape index (κ2) is 6.19. The van der Waals surface area contributed by atoms with Gasteiger partial charge in [0.15, 0.2) is 0 Å². The molecule has 0 radical (unpaired) electrons. The molecule has 9 heteroatoms. The molecule has 0 bridgehead atoms. The number of anilines is 4. The van der Waals surface area contributed by atoms with E-state index in [0.29, 0.717) is 22.1 Å². The molecule has 0 fully saturated rings. The van der Waals surface area contributed by atoms with Crippen LogP contribution in [-0.4, -0.2) is 29.0 Å². The molecule has 1 aromatic heterocycles. The van der Waals surface area contributed by atoms with Gasteiger partial charge in [-0.2, -0.15) is 15.0 Å². The minimum atomic E-state index is -0.327. The third kappa shape index (κ3) is 3.56. The largest absolute Gasteiger partial charge is 0.347 e. The van der Waals surface area contributed by atoms with E-state index >= 15 is 0 Å². The van der Waals surface area contributed by atoms with Crippen molar-refractivity contribution >= 4 is 39.5 Å². The smallest absolute Gasteiger partial charge is 0.243 e. The first-order valence-electron chi connectivity index (χ1n) is 6.03. The fraction of sp³-hybridized carbons (Fsp3) is 0.250. The number of nitrogens with zero attached hydrogens (tertiary/aromatic N) is 4. The molecule has 1 aromatic carbocycles. The van der Waals surface area contributed by atoms with Crippen molar-refractivity contribution in [3.63, 3.8) is 0 Å². The highest BCUT2D eigenvalue weighted by Gasteiger charge is 2.10. The second-order valence-electron chi connectivity index (χ2n) is 4.53. The van der Waals surface area contributed by atoms with Gasteiger partial charge in [0.2, 0.25) is 17.8 Å². The number of nitrogens with one attached hydrogen (secondary N) is 2. The number of hydrogen-bond acceptors (Lipinski definition) is 7. The Hall–Kier alpha value is -2.00. The van der Waals surface area contributed by atoms with Crippen LogP contribution in [0.15, 0.2) is 16.6 Å².